The zero-order chi connectivity index (χ0) is 19.9. The summed E-state index contributed by atoms with van der Waals surface area (Å²) in [6, 6.07) is 15.6. The standard InChI is InChI=1S/C19H21N3O5.ClH/c20-15(17(21)24)11-16(23)27-12-22-18(25)19(26,13-7-3-1-4-8-13)14-9-5-2-6-10-14;/h1-10,15,26H,11-12,20H2,(H2,21,24)(H,22,25);1H/t15-;/m0./s1. The lowest BCUT2D eigenvalue weighted by Gasteiger charge is -2.28. The first-order valence-corrected chi connectivity index (χ1v) is 8.18. The Kier molecular flexibility index (Phi) is 8.59. The van der Waals surface area contributed by atoms with Crippen molar-refractivity contribution in [2.75, 3.05) is 6.73 Å². The largest absolute Gasteiger partial charge is 0.444 e. The highest BCUT2D eigenvalue weighted by Crippen LogP contribution is 2.29. The molecule has 0 aliphatic heterocycles. The van der Waals surface area contributed by atoms with Crippen LogP contribution in [0.3, 0.4) is 0 Å². The number of carbonyl (C=O) groups is 3. The van der Waals surface area contributed by atoms with E-state index in [0.29, 0.717) is 11.1 Å². The summed E-state index contributed by atoms with van der Waals surface area (Å²) in [5, 5.41) is 13.5. The van der Waals surface area contributed by atoms with Gasteiger partial charge in [-0.05, 0) is 11.1 Å². The van der Waals surface area contributed by atoms with Gasteiger partial charge in [0.15, 0.2) is 12.3 Å². The Balaban J connectivity index is 0.00000392. The summed E-state index contributed by atoms with van der Waals surface area (Å²) < 4.78 is 4.83. The summed E-state index contributed by atoms with van der Waals surface area (Å²) in [6.07, 6.45) is -0.410. The summed E-state index contributed by atoms with van der Waals surface area (Å²) >= 11 is 0. The monoisotopic (exact) mass is 407 g/mol. The number of rotatable bonds is 8. The Morgan fingerprint density at radius 3 is 1.89 bits per heavy atom. The first-order chi connectivity index (χ1) is 12.9. The number of nitrogens with one attached hydrogen (secondary N) is 1. The Morgan fingerprint density at radius 1 is 1.00 bits per heavy atom. The average Bonchev–Trinajstić information content (AvgIpc) is 2.68. The number of amides is 2. The molecule has 2 aromatic rings. The summed E-state index contributed by atoms with van der Waals surface area (Å²) in [5.74, 6) is -2.41. The number of hydrogen-bond donors (Lipinski definition) is 4. The molecule has 0 spiro atoms. The third-order valence-electron chi connectivity index (χ3n) is 3.93. The first kappa shape index (κ1) is 23.1. The fourth-order valence-corrected chi connectivity index (χ4v) is 2.44. The molecular formula is C19H22ClN3O5. The number of halogens is 1. The maximum atomic E-state index is 12.7. The van der Waals surface area contributed by atoms with Crippen LogP contribution in [0.1, 0.15) is 17.5 Å². The molecule has 9 heteroatoms. The molecule has 6 N–H and O–H groups in total. The number of hydrogen-bond acceptors (Lipinski definition) is 6. The van der Waals surface area contributed by atoms with Crippen molar-refractivity contribution < 1.29 is 24.2 Å². The van der Waals surface area contributed by atoms with Gasteiger partial charge in [0, 0.05) is 0 Å². The van der Waals surface area contributed by atoms with Gasteiger partial charge in [0.25, 0.3) is 5.91 Å². The molecule has 2 amide bonds. The summed E-state index contributed by atoms with van der Waals surface area (Å²) in [4.78, 5) is 35.2. The number of benzene rings is 2. The van der Waals surface area contributed by atoms with Crippen molar-refractivity contribution in [2.45, 2.75) is 18.1 Å². The number of primary amides is 1. The van der Waals surface area contributed by atoms with Crippen molar-refractivity contribution in [1.29, 1.82) is 0 Å². The first-order valence-electron chi connectivity index (χ1n) is 8.18. The highest BCUT2D eigenvalue weighted by atomic mass is 35.5. The van der Waals surface area contributed by atoms with Crippen molar-refractivity contribution in [1.82, 2.24) is 5.32 Å². The number of esters is 1. The molecule has 0 fully saturated rings. The third kappa shape index (κ3) is 5.53. The number of nitrogens with two attached hydrogens (primary N) is 2. The van der Waals surface area contributed by atoms with E-state index in [-0.39, 0.29) is 12.4 Å². The predicted molar refractivity (Wildman–Crippen MR) is 104 cm³/mol. The van der Waals surface area contributed by atoms with E-state index in [4.69, 9.17) is 16.2 Å². The highest BCUT2D eigenvalue weighted by molar-refractivity contribution is 5.90. The molecule has 0 aliphatic carbocycles. The van der Waals surface area contributed by atoms with E-state index in [1.165, 1.54) is 0 Å². The van der Waals surface area contributed by atoms with Crippen LogP contribution in [0, 0.1) is 0 Å². The Morgan fingerprint density at radius 2 is 1.46 bits per heavy atom. The fraction of sp³-hybridized carbons (Fsp3) is 0.211. The molecule has 0 radical (unpaired) electrons. The van der Waals surface area contributed by atoms with Gasteiger partial charge in [-0.15, -0.1) is 12.4 Å². The number of aliphatic hydroxyl groups is 1. The molecule has 2 aromatic carbocycles. The van der Waals surface area contributed by atoms with Gasteiger partial charge in [-0.3, -0.25) is 14.4 Å². The molecule has 0 unspecified atom stereocenters. The van der Waals surface area contributed by atoms with Gasteiger partial charge >= 0.3 is 5.97 Å². The molecule has 0 heterocycles. The molecule has 2 rings (SSSR count). The van der Waals surface area contributed by atoms with Gasteiger partial charge < -0.3 is 26.6 Å². The van der Waals surface area contributed by atoms with Gasteiger partial charge in [-0.2, -0.15) is 0 Å². The van der Waals surface area contributed by atoms with E-state index < -0.39 is 42.6 Å². The molecular weight excluding hydrogens is 386 g/mol. The van der Waals surface area contributed by atoms with E-state index in [9.17, 15) is 19.5 Å². The normalized spacial score (nSPS) is 11.6. The summed E-state index contributed by atoms with van der Waals surface area (Å²) in [5.41, 5.74) is 9.08. The van der Waals surface area contributed by atoms with Crippen molar-refractivity contribution in [3.05, 3.63) is 71.8 Å². The number of ether oxygens (including phenoxy) is 1. The van der Waals surface area contributed by atoms with Gasteiger partial charge in [-0.1, -0.05) is 60.7 Å². The van der Waals surface area contributed by atoms with Crippen molar-refractivity contribution in [3.8, 4) is 0 Å². The van der Waals surface area contributed by atoms with Crippen LogP contribution in [0.25, 0.3) is 0 Å². The van der Waals surface area contributed by atoms with Crippen LogP contribution in [0.4, 0.5) is 0 Å². The lowest BCUT2D eigenvalue weighted by molar-refractivity contribution is -0.149. The second-order valence-electron chi connectivity index (χ2n) is 5.82. The third-order valence-corrected chi connectivity index (χ3v) is 3.93. The van der Waals surface area contributed by atoms with E-state index in [1.807, 2.05) is 0 Å². The quantitative estimate of drug-likeness (QED) is 0.362. The molecule has 150 valence electrons. The van der Waals surface area contributed by atoms with E-state index in [2.05, 4.69) is 5.32 Å². The maximum absolute atomic E-state index is 12.7. The van der Waals surface area contributed by atoms with Crippen LogP contribution in [0.5, 0.6) is 0 Å². The molecule has 0 saturated heterocycles. The molecule has 28 heavy (non-hydrogen) atoms. The fourth-order valence-electron chi connectivity index (χ4n) is 2.44. The smallest absolute Gasteiger partial charge is 0.309 e. The lowest BCUT2D eigenvalue weighted by Crippen LogP contribution is -2.46. The maximum Gasteiger partial charge on any atom is 0.309 e. The molecule has 8 nitrogen and oxygen atoms in total. The van der Waals surface area contributed by atoms with Crippen molar-refractivity contribution in [2.24, 2.45) is 11.5 Å². The highest BCUT2D eigenvalue weighted by Gasteiger charge is 2.39. The van der Waals surface area contributed by atoms with Crippen molar-refractivity contribution >= 4 is 30.2 Å². The lowest BCUT2D eigenvalue weighted by atomic mass is 9.85. The molecule has 0 bridgehead atoms. The van der Waals surface area contributed by atoms with Crippen LogP contribution in [0.15, 0.2) is 60.7 Å². The van der Waals surface area contributed by atoms with Gasteiger partial charge in [-0.25, -0.2) is 0 Å². The van der Waals surface area contributed by atoms with Gasteiger partial charge in [0.05, 0.1) is 12.5 Å². The number of carbonyl (C=O) groups excluding carboxylic acids is 3. The minimum Gasteiger partial charge on any atom is -0.444 e. The van der Waals surface area contributed by atoms with E-state index >= 15 is 0 Å². The van der Waals surface area contributed by atoms with Crippen LogP contribution in [-0.2, 0) is 24.7 Å². The van der Waals surface area contributed by atoms with Crippen LogP contribution in [0.2, 0.25) is 0 Å². The molecule has 0 aliphatic rings. The Labute approximate surface area is 168 Å². The average molecular weight is 408 g/mol. The van der Waals surface area contributed by atoms with Crippen LogP contribution < -0.4 is 16.8 Å². The Bertz CT molecular complexity index is 762. The molecule has 1 atom stereocenters. The van der Waals surface area contributed by atoms with Crippen LogP contribution in [-0.4, -0.2) is 35.7 Å². The zero-order valence-corrected chi connectivity index (χ0v) is 15.7. The summed E-state index contributed by atoms with van der Waals surface area (Å²) in [7, 11) is 0. The Hall–Kier alpha value is -2.94. The minimum absolute atomic E-state index is 0. The molecule has 0 aromatic heterocycles. The van der Waals surface area contributed by atoms with Gasteiger partial charge in [0.1, 0.15) is 0 Å². The second kappa shape index (κ2) is 10.4. The predicted octanol–water partition coefficient (Wildman–Crippen LogP) is 0.164. The SMILES string of the molecule is Cl.NC(=O)[C@@H](N)CC(=O)OCNC(=O)C(O)(c1ccccc1)c1ccccc1. The topological polar surface area (TPSA) is 145 Å². The minimum atomic E-state index is -1.97. The van der Waals surface area contributed by atoms with E-state index in [1.54, 1.807) is 60.7 Å². The van der Waals surface area contributed by atoms with Crippen LogP contribution >= 0.6 is 12.4 Å². The summed E-state index contributed by atoms with van der Waals surface area (Å²) in [6.45, 7) is -0.495. The molecule has 0 saturated carbocycles. The van der Waals surface area contributed by atoms with Gasteiger partial charge in [0.2, 0.25) is 5.91 Å². The zero-order valence-electron chi connectivity index (χ0n) is 14.9. The second-order valence-corrected chi connectivity index (χ2v) is 5.82. The van der Waals surface area contributed by atoms with E-state index in [0.717, 1.165) is 0 Å². The van der Waals surface area contributed by atoms with Crippen molar-refractivity contribution in [3.63, 3.8) is 0 Å².